The molecule has 0 radical (unpaired) electrons. The van der Waals surface area contributed by atoms with Crippen LogP contribution < -0.4 is 0 Å². The van der Waals surface area contributed by atoms with Gasteiger partial charge in [-0.05, 0) is 30.6 Å². The normalized spacial score (nSPS) is 10.4. The van der Waals surface area contributed by atoms with Crippen LogP contribution in [0.3, 0.4) is 0 Å². The van der Waals surface area contributed by atoms with E-state index in [1.807, 2.05) is 23.1 Å². The zero-order valence-corrected chi connectivity index (χ0v) is 8.21. The van der Waals surface area contributed by atoms with Gasteiger partial charge in [0.05, 0.1) is 5.69 Å². The van der Waals surface area contributed by atoms with Crippen molar-refractivity contribution >= 4 is 23.6 Å². The minimum atomic E-state index is 0.755. The van der Waals surface area contributed by atoms with Crippen LogP contribution >= 0.6 is 23.6 Å². The zero-order valence-electron chi connectivity index (χ0n) is 6.57. The highest BCUT2D eigenvalue weighted by Crippen LogP contribution is 2.14. The number of rotatable bonds is 1. The molecule has 2 nitrogen and oxygen atoms in total. The van der Waals surface area contributed by atoms with Crippen molar-refractivity contribution in [2.45, 2.75) is 6.92 Å². The predicted octanol–water partition coefficient (Wildman–Crippen LogP) is 2.90. The van der Waals surface area contributed by atoms with E-state index in [1.165, 1.54) is 0 Å². The molecule has 12 heavy (non-hydrogen) atoms. The van der Waals surface area contributed by atoms with Crippen LogP contribution in [0.25, 0.3) is 5.69 Å². The maximum Gasteiger partial charge on any atom is 0.182 e. The van der Waals surface area contributed by atoms with Gasteiger partial charge in [-0.1, -0.05) is 0 Å². The first-order valence-corrected chi connectivity index (χ1v) is 4.94. The van der Waals surface area contributed by atoms with E-state index in [0.29, 0.717) is 0 Å². The maximum absolute atomic E-state index is 5.13. The Hall–Kier alpha value is -0.870. The van der Waals surface area contributed by atoms with E-state index >= 15 is 0 Å². The van der Waals surface area contributed by atoms with Crippen molar-refractivity contribution in [3.63, 3.8) is 0 Å². The molecule has 0 aliphatic heterocycles. The van der Waals surface area contributed by atoms with Crippen molar-refractivity contribution in [1.82, 2.24) is 9.55 Å². The van der Waals surface area contributed by atoms with Gasteiger partial charge in [-0.15, -0.1) is 0 Å². The van der Waals surface area contributed by atoms with E-state index in [-0.39, 0.29) is 0 Å². The average molecular weight is 196 g/mol. The Balaban J connectivity index is 2.68. The molecule has 0 saturated heterocycles. The van der Waals surface area contributed by atoms with E-state index in [9.17, 15) is 0 Å². The van der Waals surface area contributed by atoms with Gasteiger partial charge < -0.3 is 4.98 Å². The molecule has 0 amide bonds. The van der Waals surface area contributed by atoms with Crippen LogP contribution in [0.4, 0.5) is 0 Å². The number of nitrogens with zero attached hydrogens (tertiary/aromatic N) is 1. The van der Waals surface area contributed by atoms with Gasteiger partial charge in [-0.2, -0.15) is 11.3 Å². The summed E-state index contributed by atoms with van der Waals surface area (Å²) in [6.07, 6.45) is 1.92. The summed E-state index contributed by atoms with van der Waals surface area (Å²) in [5.74, 6) is 0. The smallest absolute Gasteiger partial charge is 0.182 e. The lowest BCUT2D eigenvalue weighted by molar-refractivity contribution is 0.991. The van der Waals surface area contributed by atoms with Crippen LogP contribution in [-0.2, 0) is 0 Å². The summed E-state index contributed by atoms with van der Waals surface area (Å²) in [4.78, 5) is 3.01. The van der Waals surface area contributed by atoms with E-state index in [4.69, 9.17) is 12.2 Å². The largest absolute Gasteiger partial charge is 0.337 e. The minimum absolute atomic E-state index is 0.755. The highest BCUT2D eigenvalue weighted by atomic mass is 32.1. The van der Waals surface area contributed by atoms with E-state index in [1.54, 1.807) is 11.3 Å². The quantitative estimate of drug-likeness (QED) is 0.695. The summed E-state index contributed by atoms with van der Waals surface area (Å²) >= 11 is 6.81. The van der Waals surface area contributed by atoms with Crippen molar-refractivity contribution in [2.24, 2.45) is 0 Å². The van der Waals surface area contributed by atoms with Gasteiger partial charge >= 0.3 is 0 Å². The Morgan fingerprint density at radius 1 is 1.58 bits per heavy atom. The molecule has 0 fully saturated rings. The Kier molecular flexibility index (Phi) is 1.86. The molecule has 0 saturated carbocycles. The highest BCUT2D eigenvalue weighted by molar-refractivity contribution is 7.71. The molecule has 0 atom stereocenters. The fraction of sp³-hybridized carbons (Fsp3) is 0.125. The van der Waals surface area contributed by atoms with Crippen molar-refractivity contribution in [2.75, 3.05) is 0 Å². The summed E-state index contributed by atoms with van der Waals surface area (Å²) in [6.45, 7) is 2.03. The van der Waals surface area contributed by atoms with Gasteiger partial charge in [-0.3, -0.25) is 4.57 Å². The summed E-state index contributed by atoms with van der Waals surface area (Å²) in [6, 6.07) is 2.06. The lowest BCUT2D eigenvalue weighted by atomic mass is 10.4. The van der Waals surface area contributed by atoms with Gasteiger partial charge in [0, 0.05) is 17.3 Å². The van der Waals surface area contributed by atoms with Crippen LogP contribution in [0.2, 0.25) is 0 Å². The van der Waals surface area contributed by atoms with Crippen LogP contribution in [0, 0.1) is 11.7 Å². The first kappa shape index (κ1) is 7.76. The summed E-state index contributed by atoms with van der Waals surface area (Å²) in [5, 5.41) is 4.13. The summed E-state index contributed by atoms with van der Waals surface area (Å²) < 4.78 is 2.78. The third-order valence-corrected chi connectivity index (χ3v) is 2.70. The number of imidazole rings is 1. The number of thiophene rings is 1. The fourth-order valence-corrected chi connectivity index (χ4v) is 2.09. The number of nitrogens with one attached hydrogen (secondary N) is 1. The van der Waals surface area contributed by atoms with Gasteiger partial charge in [0.2, 0.25) is 0 Å². The average Bonchev–Trinajstić information content (AvgIpc) is 2.61. The molecule has 0 spiro atoms. The molecular weight excluding hydrogens is 188 g/mol. The number of aromatic nitrogens is 2. The fourth-order valence-electron chi connectivity index (χ4n) is 1.16. The second kappa shape index (κ2) is 2.88. The predicted molar refractivity (Wildman–Crippen MR) is 53.6 cm³/mol. The second-order valence-electron chi connectivity index (χ2n) is 2.55. The van der Waals surface area contributed by atoms with Crippen LogP contribution in [0.5, 0.6) is 0 Å². The van der Waals surface area contributed by atoms with E-state index < -0.39 is 0 Å². The summed E-state index contributed by atoms with van der Waals surface area (Å²) in [7, 11) is 0. The first-order valence-electron chi connectivity index (χ1n) is 3.58. The molecule has 0 aromatic carbocycles. The van der Waals surface area contributed by atoms with Gasteiger partial charge in [0.15, 0.2) is 4.77 Å². The molecule has 1 N–H and O–H groups in total. The monoisotopic (exact) mass is 196 g/mol. The molecular formula is C8H8N2S2. The third kappa shape index (κ3) is 1.13. The van der Waals surface area contributed by atoms with Crippen molar-refractivity contribution in [1.29, 1.82) is 0 Å². The maximum atomic E-state index is 5.13. The van der Waals surface area contributed by atoms with Crippen molar-refractivity contribution < 1.29 is 0 Å². The Morgan fingerprint density at radius 2 is 2.42 bits per heavy atom. The number of hydrogen-bond donors (Lipinski definition) is 1. The van der Waals surface area contributed by atoms with Crippen LogP contribution in [0.1, 0.15) is 5.69 Å². The Labute approximate surface area is 79.5 Å². The molecule has 0 aliphatic rings. The Morgan fingerprint density at radius 3 is 2.92 bits per heavy atom. The SMILES string of the molecule is Cc1c[nH]c(=S)n1-c1ccsc1. The molecule has 2 aromatic rings. The molecule has 2 rings (SSSR count). The third-order valence-electron chi connectivity index (χ3n) is 1.72. The molecule has 2 heterocycles. The molecule has 62 valence electrons. The topological polar surface area (TPSA) is 20.7 Å². The molecule has 0 unspecified atom stereocenters. The van der Waals surface area contributed by atoms with Gasteiger partial charge in [-0.25, -0.2) is 0 Å². The Bertz CT molecular complexity index is 422. The van der Waals surface area contributed by atoms with Crippen molar-refractivity contribution in [3.8, 4) is 5.69 Å². The second-order valence-corrected chi connectivity index (χ2v) is 3.72. The van der Waals surface area contributed by atoms with Crippen molar-refractivity contribution in [3.05, 3.63) is 33.5 Å². The number of aryl methyl sites for hydroxylation is 1. The van der Waals surface area contributed by atoms with Gasteiger partial charge in [0.1, 0.15) is 0 Å². The standard InChI is InChI=1S/C8H8N2S2/c1-6-4-9-8(11)10(6)7-2-3-12-5-7/h2-5H,1H3,(H,9,11). The zero-order chi connectivity index (χ0) is 8.55. The van der Waals surface area contributed by atoms with E-state index in [2.05, 4.69) is 16.4 Å². The minimum Gasteiger partial charge on any atom is -0.337 e. The lowest BCUT2D eigenvalue weighted by Gasteiger charge is -1.99. The van der Waals surface area contributed by atoms with Gasteiger partial charge in [0.25, 0.3) is 0 Å². The summed E-state index contributed by atoms with van der Waals surface area (Å²) in [5.41, 5.74) is 2.28. The first-order chi connectivity index (χ1) is 5.79. The highest BCUT2D eigenvalue weighted by Gasteiger charge is 2.00. The molecule has 2 aromatic heterocycles. The van der Waals surface area contributed by atoms with Crippen LogP contribution in [-0.4, -0.2) is 9.55 Å². The number of hydrogen-bond acceptors (Lipinski definition) is 2. The van der Waals surface area contributed by atoms with E-state index in [0.717, 1.165) is 16.2 Å². The molecule has 0 bridgehead atoms. The van der Waals surface area contributed by atoms with Crippen LogP contribution in [0.15, 0.2) is 23.0 Å². The lowest BCUT2D eigenvalue weighted by Crippen LogP contribution is -1.93. The molecule has 4 heteroatoms. The number of H-pyrrole nitrogens is 1. The number of aromatic amines is 1. The molecule has 0 aliphatic carbocycles.